The van der Waals surface area contributed by atoms with Crippen LogP contribution < -0.4 is 5.73 Å². The lowest BCUT2D eigenvalue weighted by molar-refractivity contribution is -0.399. The summed E-state index contributed by atoms with van der Waals surface area (Å²) >= 11 is 0. The summed E-state index contributed by atoms with van der Waals surface area (Å²) in [7, 11) is 0. The zero-order valence-corrected chi connectivity index (χ0v) is 7.34. The minimum atomic E-state index is -1.46. The molecule has 0 aromatic heterocycles. The molecule has 0 amide bonds. The summed E-state index contributed by atoms with van der Waals surface area (Å²) in [6.07, 6.45) is 0. The Balaban J connectivity index is 3.47. The quantitative estimate of drug-likeness (QED) is 0.599. The molecule has 0 aliphatic heterocycles. The summed E-state index contributed by atoms with van der Waals surface area (Å²) in [4.78, 5) is 18.7. The summed E-state index contributed by atoms with van der Waals surface area (Å²) < 4.78 is 13.2. The Morgan fingerprint density at radius 3 is 1.87 bits per heavy atom. The highest BCUT2D eigenvalue weighted by Crippen LogP contribution is 2.27. The van der Waals surface area contributed by atoms with E-state index in [9.17, 15) is 24.6 Å². The Kier molecular flexibility index (Phi) is 2.90. The molecule has 15 heavy (non-hydrogen) atoms. The largest absolute Gasteiger partial charge is 0.326 e. The maximum atomic E-state index is 13.2. The first kappa shape index (κ1) is 11.0. The maximum Gasteiger partial charge on any atom is 0.312 e. The van der Waals surface area contributed by atoms with Crippen molar-refractivity contribution < 1.29 is 14.2 Å². The molecule has 2 N–H and O–H groups in total. The average Bonchev–Trinajstić information content (AvgIpc) is 2.17. The normalized spacial score (nSPS) is 10.0. The number of nitro benzene ring substituents is 2. The van der Waals surface area contributed by atoms with Crippen molar-refractivity contribution in [3.05, 3.63) is 43.7 Å². The van der Waals surface area contributed by atoms with Gasteiger partial charge in [0.15, 0.2) is 0 Å². The van der Waals surface area contributed by atoms with Crippen LogP contribution >= 0.6 is 0 Å². The van der Waals surface area contributed by atoms with E-state index in [2.05, 4.69) is 0 Å². The third kappa shape index (κ3) is 2.05. The van der Waals surface area contributed by atoms with Gasteiger partial charge in [0.2, 0.25) is 0 Å². The topological polar surface area (TPSA) is 112 Å². The summed E-state index contributed by atoms with van der Waals surface area (Å²) in [5.41, 5.74) is 3.42. The maximum absolute atomic E-state index is 13.2. The molecule has 0 heterocycles. The van der Waals surface area contributed by atoms with Gasteiger partial charge in [-0.15, -0.1) is 0 Å². The van der Waals surface area contributed by atoms with E-state index in [0.29, 0.717) is 0 Å². The molecular weight excluding hydrogens is 209 g/mol. The fourth-order valence-electron chi connectivity index (χ4n) is 1.03. The number of nitrogens with zero attached hydrogens (tertiary/aromatic N) is 2. The molecule has 0 spiro atoms. The van der Waals surface area contributed by atoms with Gasteiger partial charge in [-0.1, -0.05) is 0 Å². The third-order valence-corrected chi connectivity index (χ3v) is 1.72. The number of nitrogens with two attached hydrogens (primary N) is 1. The monoisotopic (exact) mass is 215 g/mol. The van der Waals surface area contributed by atoms with Gasteiger partial charge in [-0.25, -0.2) is 0 Å². The molecule has 1 rings (SSSR count). The summed E-state index contributed by atoms with van der Waals surface area (Å²) in [6.45, 7) is -0.137. The molecule has 0 unspecified atom stereocenters. The van der Waals surface area contributed by atoms with Gasteiger partial charge in [0, 0.05) is 18.7 Å². The molecule has 0 saturated carbocycles. The number of rotatable bonds is 3. The van der Waals surface area contributed by atoms with Crippen LogP contribution in [0.25, 0.3) is 0 Å². The third-order valence-electron chi connectivity index (χ3n) is 1.72. The predicted octanol–water partition coefficient (Wildman–Crippen LogP) is 1.10. The smallest absolute Gasteiger partial charge is 0.312 e. The highest BCUT2D eigenvalue weighted by Gasteiger charge is 2.26. The van der Waals surface area contributed by atoms with Gasteiger partial charge in [-0.2, -0.15) is 4.39 Å². The van der Waals surface area contributed by atoms with Crippen molar-refractivity contribution in [3.8, 4) is 0 Å². The molecule has 0 fully saturated rings. The van der Waals surface area contributed by atoms with Gasteiger partial charge in [0.25, 0.3) is 5.82 Å². The molecule has 0 aliphatic rings. The first-order chi connectivity index (χ1) is 6.97. The van der Waals surface area contributed by atoms with Crippen molar-refractivity contribution in [3.63, 3.8) is 0 Å². The van der Waals surface area contributed by atoms with Gasteiger partial charge in [-0.3, -0.25) is 20.2 Å². The van der Waals surface area contributed by atoms with Crippen molar-refractivity contribution >= 4 is 11.4 Å². The molecule has 80 valence electrons. The highest BCUT2D eigenvalue weighted by atomic mass is 19.1. The van der Waals surface area contributed by atoms with Crippen LogP contribution in [0.4, 0.5) is 15.8 Å². The van der Waals surface area contributed by atoms with Crippen molar-refractivity contribution in [2.75, 3.05) is 0 Å². The van der Waals surface area contributed by atoms with E-state index in [1.54, 1.807) is 0 Å². The van der Waals surface area contributed by atoms with Crippen LogP contribution in [0.15, 0.2) is 12.1 Å². The minimum Gasteiger partial charge on any atom is -0.326 e. The number of benzene rings is 1. The molecule has 0 radical (unpaired) electrons. The lowest BCUT2D eigenvalue weighted by Crippen LogP contribution is -2.03. The molecule has 0 bridgehead atoms. The Morgan fingerprint density at radius 2 is 1.60 bits per heavy atom. The molecule has 7 nitrogen and oxygen atoms in total. The summed E-state index contributed by atoms with van der Waals surface area (Å²) in [5.74, 6) is -1.46. The van der Waals surface area contributed by atoms with Crippen LogP contribution in [-0.4, -0.2) is 9.85 Å². The van der Waals surface area contributed by atoms with E-state index < -0.39 is 27.0 Å². The first-order valence-electron chi connectivity index (χ1n) is 3.78. The molecule has 8 heteroatoms. The Hall–Kier alpha value is -2.09. The van der Waals surface area contributed by atoms with Crippen molar-refractivity contribution in [2.24, 2.45) is 5.73 Å². The van der Waals surface area contributed by atoms with Gasteiger partial charge >= 0.3 is 11.4 Å². The second-order valence-corrected chi connectivity index (χ2v) is 2.67. The Morgan fingerprint density at radius 1 is 1.20 bits per heavy atom. The van der Waals surface area contributed by atoms with E-state index >= 15 is 0 Å². The lowest BCUT2D eigenvalue weighted by atomic mass is 10.1. The molecule has 0 saturated heterocycles. The zero-order valence-electron chi connectivity index (χ0n) is 7.34. The van der Waals surface area contributed by atoms with Gasteiger partial charge in [0.1, 0.15) is 0 Å². The number of hydrogen-bond acceptors (Lipinski definition) is 5. The molecule has 1 aromatic carbocycles. The van der Waals surface area contributed by atoms with Crippen LogP contribution in [0.5, 0.6) is 0 Å². The second-order valence-electron chi connectivity index (χ2n) is 2.67. The lowest BCUT2D eigenvalue weighted by Gasteiger charge is -1.99. The first-order valence-corrected chi connectivity index (χ1v) is 3.78. The highest BCUT2D eigenvalue weighted by molar-refractivity contribution is 5.48. The molecule has 1 aromatic rings. The van der Waals surface area contributed by atoms with Gasteiger partial charge in [-0.05, 0) is 5.56 Å². The van der Waals surface area contributed by atoms with E-state index in [1.165, 1.54) is 0 Å². The molecule has 0 atom stereocenters. The van der Waals surface area contributed by atoms with E-state index in [1.807, 2.05) is 0 Å². The Labute approximate surface area is 82.6 Å². The zero-order chi connectivity index (χ0) is 11.6. The second kappa shape index (κ2) is 3.96. The van der Waals surface area contributed by atoms with E-state index in [0.717, 1.165) is 12.1 Å². The van der Waals surface area contributed by atoms with Crippen LogP contribution in [0.1, 0.15) is 5.56 Å². The van der Waals surface area contributed by atoms with Crippen LogP contribution in [-0.2, 0) is 6.54 Å². The average molecular weight is 215 g/mol. The van der Waals surface area contributed by atoms with Gasteiger partial charge < -0.3 is 5.73 Å². The minimum absolute atomic E-state index is 0.134. The standard InChI is InChI=1S/C7H6FN3O4/c8-7-5(10(12)13)1-4(3-9)2-6(7)11(14)15/h1-2H,3,9H2. The summed E-state index contributed by atoms with van der Waals surface area (Å²) in [5, 5.41) is 20.7. The van der Waals surface area contributed by atoms with E-state index in [-0.39, 0.29) is 12.1 Å². The van der Waals surface area contributed by atoms with Crippen LogP contribution in [0.2, 0.25) is 0 Å². The summed E-state index contributed by atoms with van der Waals surface area (Å²) in [6, 6.07) is 1.75. The van der Waals surface area contributed by atoms with Crippen LogP contribution in [0, 0.1) is 26.0 Å². The number of nitro groups is 2. The fourth-order valence-corrected chi connectivity index (χ4v) is 1.03. The van der Waals surface area contributed by atoms with Crippen molar-refractivity contribution in [2.45, 2.75) is 6.54 Å². The predicted molar refractivity (Wildman–Crippen MR) is 47.6 cm³/mol. The van der Waals surface area contributed by atoms with Crippen molar-refractivity contribution in [1.82, 2.24) is 0 Å². The SMILES string of the molecule is NCc1cc([N+](=O)[O-])c(F)c([N+](=O)[O-])c1. The van der Waals surface area contributed by atoms with Crippen molar-refractivity contribution in [1.29, 1.82) is 0 Å². The van der Waals surface area contributed by atoms with E-state index in [4.69, 9.17) is 5.73 Å². The fraction of sp³-hybridized carbons (Fsp3) is 0.143. The molecule has 0 aliphatic carbocycles. The van der Waals surface area contributed by atoms with Crippen LogP contribution in [0.3, 0.4) is 0 Å². The van der Waals surface area contributed by atoms with Gasteiger partial charge in [0.05, 0.1) is 9.85 Å². The number of hydrogen-bond donors (Lipinski definition) is 1. The number of halogens is 1. The Bertz CT molecular complexity index is 399. The molecular formula is C7H6FN3O4.